The van der Waals surface area contributed by atoms with E-state index >= 15 is 0 Å². The number of rotatable bonds is 2. The molecule has 1 aromatic rings. The van der Waals surface area contributed by atoms with E-state index in [-0.39, 0.29) is 5.92 Å². The molecule has 4 heteroatoms. The Labute approximate surface area is 110 Å². The first kappa shape index (κ1) is 13.7. The standard InChI is InChI=1S/C14H19FO2S/c1-9-3-6-11(7-4-9)18(17)12-8-5-10(2)13(15)14(12)16/h3-4,6-7,10,12-14,16H,5,8H2,1-2H3/t10-,12-,13+,14+,18-/m0/s1. The van der Waals surface area contributed by atoms with Gasteiger partial charge in [0.25, 0.3) is 0 Å². The molecule has 1 N–H and O–H groups in total. The fourth-order valence-corrected chi connectivity index (χ4v) is 3.89. The first-order chi connectivity index (χ1) is 8.50. The zero-order chi connectivity index (χ0) is 13.3. The van der Waals surface area contributed by atoms with E-state index in [4.69, 9.17) is 0 Å². The summed E-state index contributed by atoms with van der Waals surface area (Å²) in [6.45, 7) is 3.75. The monoisotopic (exact) mass is 270 g/mol. The van der Waals surface area contributed by atoms with Crippen LogP contribution in [0, 0.1) is 12.8 Å². The van der Waals surface area contributed by atoms with Crippen LogP contribution in [0.25, 0.3) is 0 Å². The van der Waals surface area contributed by atoms with E-state index in [0.717, 1.165) is 5.56 Å². The molecular formula is C14H19FO2S. The van der Waals surface area contributed by atoms with E-state index in [1.54, 1.807) is 19.1 Å². The van der Waals surface area contributed by atoms with E-state index in [2.05, 4.69) is 0 Å². The van der Waals surface area contributed by atoms with Gasteiger partial charge in [0, 0.05) is 4.90 Å². The molecule has 0 radical (unpaired) electrons. The van der Waals surface area contributed by atoms with E-state index in [1.807, 2.05) is 19.1 Å². The maximum atomic E-state index is 13.8. The van der Waals surface area contributed by atoms with Crippen LogP contribution in [0.3, 0.4) is 0 Å². The second-order valence-electron chi connectivity index (χ2n) is 5.14. The molecule has 0 unspecified atom stereocenters. The third-order valence-electron chi connectivity index (χ3n) is 3.69. The first-order valence-electron chi connectivity index (χ1n) is 6.30. The lowest BCUT2D eigenvalue weighted by Gasteiger charge is -2.33. The van der Waals surface area contributed by atoms with Gasteiger partial charge in [-0.3, -0.25) is 4.21 Å². The summed E-state index contributed by atoms with van der Waals surface area (Å²) in [7, 11) is -1.33. The molecule has 18 heavy (non-hydrogen) atoms. The third-order valence-corrected chi connectivity index (χ3v) is 5.49. The molecule has 1 aliphatic rings. The molecule has 1 fully saturated rings. The molecule has 0 spiro atoms. The SMILES string of the molecule is Cc1ccc([S@](=O)[C@H]2CC[C@H](C)[C@@H](F)[C@@H]2O)cc1. The number of benzene rings is 1. The maximum Gasteiger partial charge on any atom is 0.130 e. The van der Waals surface area contributed by atoms with Crippen molar-refractivity contribution in [3.63, 3.8) is 0 Å². The van der Waals surface area contributed by atoms with Crippen molar-refractivity contribution in [2.45, 2.75) is 49.1 Å². The van der Waals surface area contributed by atoms with Gasteiger partial charge < -0.3 is 5.11 Å². The fraction of sp³-hybridized carbons (Fsp3) is 0.571. The van der Waals surface area contributed by atoms with E-state index in [1.165, 1.54) is 0 Å². The summed E-state index contributed by atoms with van der Waals surface area (Å²) in [5, 5.41) is 9.44. The van der Waals surface area contributed by atoms with Crippen LogP contribution >= 0.6 is 0 Å². The summed E-state index contributed by atoms with van der Waals surface area (Å²) in [5.74, 6) is -0.147. The highest BCUT2D eigenvalue weighted by Crippen LogP contribution is 2.32. The highest BCUT2D eigenvalue weighted by molar-refractivity contribution is 7.85. The Morgan fingerprint density at radius 3 is 2.50 bits per heavy atom. The molecule has 0 aromatic heterocycles. The highest BCUT2D eigenvalue weighted by atomic mass is 32.2. The van der Waals surface area contributed by atoms with Crippen molar-refractivity contribution in [1.82, 2.24) is 0 Å². The van der Waals surface area contributed by atoms with Crippen LogP contribution in [0.4, 0.5) is 4.39 Å². The van der Waals surface area contributed by atoms with Gasteiger partial charge in [0.1, 0.15) is 12.3 Å². The van der Waals surface area contributed by atoms with Crippen molar-refractivity contribution in [2.24, 2.45) is 5.92 Å². The smallest absolute Gasteiger partial charge is 0.130 e. The normalized spacial score (nSPS) is 34.2. The predicted octanol–water partition coefficient (Wildman–Crippen LogP) is 2.60. The summed E-state index contributed by atoms with van der Waals surface area (Å²) < 4.78 is 26.1. The average Bonchev–Trinajstić information content (AvgIpc) is 2.36. The lowest BCUT2D eigenvalue weighted by molar-refractivity contribution is 0.0173. The lowest BCUT2D eigenvalue weighted by Crippen LogP contribution is -2.45. The quantitative estimate of drug-likeness (QED) is 0.897. The Kier molecular flexibility index (Phi) is 4.17. The van der Waals surface area contributed by atoms with E-state index in [9.17, 15) is 13.7 Å². The van der Waals surface area contributed by atoms with Crippen LogP contribution in [-0.4, -0.2) is 26.8 Å². The minimum Gasteiger partial charge on any atom is -0.389 e. The molecule has 2 rings (SSSR count). The Balaban J connectivity index is 2.16. The average molecular weight is 270 g/mol. The van der Waals surface area contributed by atoms with Gasteiger partial charge in [0.05, 0.1) is 16.0 Å². The second kappa shape index (κ2) is 5.49. The van der Waals surface area contributed by atoms with Crippen LogP contribution in [-0.2, 0) is 10.8 Å². The Bertz CT molecular complexity index is 432. The zero-order valence-corrected chi connectivity index (χ0v) is 11.5. The molecule has 1 aliphatic carbocycles. The van der Waals surface area contributed by atoms with Crippen molar-refractivity contribution in [1.29, 1.82) is 0 Å². The van der Waals surface area contributed by atoms with Gasteiger partial charge in [-0.25, -0.2) is 4.39 Å². The maximum absolute atomic E-state index is 13.8. The predicted molar refractivity (Wildman–Crippen MR) is 70.7 cm³/mol. The first-order valence-corrected chi connectivity index (χ1v) is 7.51. The molecule has 0 heterocycles. The Hall–Kier alpha value is -0.740. The molecule has 0 amide bonds. The van der Waals surface area contributed by atoms with Crippen LogP contribution in [0.2, 0.25) is 0 Å². The molecule has 5 atom stereocenters. The number of aliphatic hydroxyl groups excluding tert-OH is 1. The van der Waals surface area contributed by atoms with Crippen molar-refractivity contribution in [3.8, 4) is 0 Å². The number of alkyl halides is 1. The highest BCUT2D eigenvalue weighted by Gasteiger charge is 2.39. The fourth-order valence-electron chi connectivity index (χ4n) is 2.38. The van der Waals surface area contributed by atoms with E-state index < -0.39 is 28.3 Å². The molecule has 0 saturated heterocycles. The molecule has 0 aliphatic heterocycles. The molecule has 0 bridgehead atoms. The lowest BCUT2D eigenvalue weighted by atomic mass is 9.86. The van der Waals surface area contributed by atoms with Crippen molar-refractivity contribution in [3.05, 3.63) is 29.8 Å². The Morgan fingerprint density at radius 1 is 1.28 bits per heavy atom. The van der Waals surface area contributed by atoms with E-state index in [0.29, 0.717) is 17.7 Å². The Morgan fingerprint density at radius 2 is 1.89 bits per heavy atom. The van der Waals surface area contributed by atoms with Gasteiger partial charge in [-0.2, -0.15) is 0 Å². The summed E-state index contributed by atoms with van der Waals surface area (Å²) in [4.78, 5) is 0.673. The van der Waals surface area contributed by atoms with Gasteiger partial charge in [-0.05, 0) is 37.8 Å². The summed E-state index contributed by atoms with van der Waals surface area (Å²) >= 11 is 0. The topological polar surface area (TPSA) is 37.3 Å². The number of halogens is 1. The number of aryl methyl sites for hydroxylation is 1. The van der Waals surface area contributed by atoms with Gasteiger partial charge in [0.15, 0.2) is 0 Å². The van der Waals surface area contributed by atoms with Crippen molar-refractivity contribution >= 4 is 10.8 Å². The summed E-state index contributed by atoms with van der Waals surface area (Å²) in [6, 6.07) is 7.36. The van der Waals surface area contributed by atoms with Crippen LogP contribution < -0.4 is 0 Å². The van der Waals surface area contributed by atoms with Gasteiger partial charge in [0.2, 0.25) is 0 Å². The summed E-state index contributed by atoms with van der Waals surface area (Å²) in [6.07, 6.45) is -1.09. The molecular weight excluding hydrogens is 251 g/mol. The van der Waals surface area contributed by atoms with Crippen LogP contribution in [0.1, 0.15) is 25.3 Å². The zero-order valence-electron chi connectivity index (χ0n) is 10.7. The minimum absolute atomic E-state index is 0.147. The van der Waals surface area contributed by atoms with Crippen LogP contribution in [0.5, 0.6) is 0 Å². The van der Waals surface area contributed by atoms with Gasteiger partial charge in [-0.15, -0.1) is 0 Å². The number of aliphatic hydroxyl groups is 1. The third kappa shape index (κ3) is 2.64. The molecule has 1 saturated carbocycles. The molecule has 2 nitrogen and oxygen atoms in total. The number of hydrogen-bond acceptors (Lipinski definition) is 2. The van der Waals surface area contributed by atoms with Crippen molar-refractivity contribution in [2.75, 3.05) is 0 Å². The van der Waals surface area contributed by atoms with Crippen molar-refractivity contribution < 1.29 is 13.7 Å². The molecule has 1 aromatic carbocycles. The molecule has 100 valence electrons. The van der Waals surface area contributed by atoms with Gasteiger partial charge in [-0.1, -0.05) is 24.6 Å². The van der Waals surface area contributed by atoms with Crippen LogP contribution in [0.15, 0.2) is 29.2 Å². The van der Waals surface area contributed by atoms with Gasteiger partial charge >= 0.3 is 0 Å². The largest absolute Gasteiger partial charge is 0.389 e. The second-order valence-corrected chi connectivity index (χ2v) is 6.81. The number of hydrogen-bond donors (Lipinski definition) is 1. The minimum atomic E-state index is -1.33. The summed E-state index contributed by atoms with van der Waals surface area (Å²) in [5.41, 5.74) is 1.09.